The molecule has 0 amide bonds. The Bertz CT molecular complexity index is 1620. The number of piperidine rings is 2. The van der Waals surface area contributed by atoms with Crippen molar-refractivity contribution in [1.29, 1.82) is 5.26 Å². The Labute approximate surface area is 246 Å². The molecule has 2 atom stereocenters. The minimum absolute atomic E-state index is 0.516. The summed E-state index contributed by atoms with van der Waals surface area (Å²) in [7, 11) is 1.65. The van der Waals surface area contributed by atoms with Crippen LogP contribution in [0.4, 0.5) is 5.82 Å². The lowest BCUT2D eigenvalue weighted by atomic mass is 9.87. The van der Waals surface area contributed by atoms with E-state index in [1.54, 1.807) is 13.3 Å². The average molecular weight is 561 g/mol. The molecule has 4 saturated heterocycles. The molecular weight excluding hydrogens is 524 g/mol. The molecule has 1 aliphatic carbocycles. The summed E-state index contributed by atoms with van der Waals surface area (Å²) in [4.78, 5) is 17.0. The second-order valence-electron chi connectivity index (χ2n) is 12.4. The Morgan fingerprint density at radius 2 is 1.79 bits per heavy atom. The number of aromatic nitrogens is 4. The van der Waals surface area contributed by atoms with Gasteiger partial charge in [-0.05, 0) is 80.4 Å². The topological polar surface area (TPSA) is 85.8 Å². The number of anilines is 1. The minimum Gasteiger partial charge on any atom is -0.481 e. The molecule has 0 aromatic carbocycles. The molecule has 4 aliphatic heterocycles. The van der Waals surface area contributed by atoms with Crippen LogP contribution in [0.5, 0.6) is 5.88 Å². The van der Waals surface area contributed by atoms with E-state index in [1.165, 1.54) is 56.3 Å². The van der Waals surface area contributed by atoms with Gasteiger partial charge in [-0.15, -0.1) is 0 Å². The molecule has 0 spiro atoms. The maximum absolute atomic E-state index is 9.84. The van der Waals surface area contributed by atoms with Crippen molar-refractivity contribution >= 4 is 11.3 Å². The first kappa shape index (κ1) is 25.7. The number of piperazine rings is 1. The number of nitrogens with zero attached hydrogens (tertiary/aromatic N) is 8. The Hall–Kier alpha value is -4.00. The summed E-state index contributed by atoms with van der Waals surface area (Å²) in [6.07, 6.45) is 14.1. The molecule has 214 valence electrons. The number of ether oxygens (including phenoxy) is 1. The van der Waals surface area contributed by atoms with Gasteiger partial charge >= 0.3 is 0 Å². The van der Waals surface area contributed by atoms with Crippen LogP contribution in [0.15, 0.2) is 55.1 Å². The van der Waals surface area contributed by atoms with Crippen LogP contribution in [0.2, 0.25) is 0 Å². The largest absolute Gasteiger partial charge is 0.481 e. The van der Waals surface area contributed by atoms with Crippen molar-refractivity contribution in [2.24, 2.45) is 0 Å². The molecule has 8 heterocycles. The van der Waals surface area contributed by atoms with E-state index in [-0.39, 0.29) is 0 Å². The van der Waals surface area contributed by atoms with E-state index in [0.717, 1.165) is 48.1 Å². The van der Waals surface area contributed by atoms with Crippen molar-refractivity contribution < 1.29 is 4.74 Å². The van der Waals surface area contributed by atoms with Gasteiger partial charge in [0.25, 0.3) is 0 Å². The minimum atomic E-state index is 0.516. The predicted octanol–water partition coefficient (Wildman–Crippen LogP) is 4.48. The lowest BCUT2D eigenvalue weighted by Crippen LogP contribution is -2.68. The number of hydrogen-bond acceptors (Lipinski definition) is 8. The van der Waals surface area contributed by atoms with Crippen molar-refractivity contribution in [2.75, 3.05) is 38.2 Å². The van der Waals surface area contributed by atoms with Crippen LogP contribution in [-0.4, -0.2) is 80.8 Å². The highest BCUT2D eigenvalue weighted by atomic mass is 16.5. The number of nitriles is 1. The zero-order chi connectivity index (χ0) is 28.2. The first-order chi connectivity index (χ1) is 20.7. The van der Waals surface area contributed by atoms with Crippen LogP contribution in [-0.2, 0) is 6.54 Å². The van der Waals surface area contributed by atoms with Crippen LogP contribution in [0.25, 0.3) is 16.6 Å². The average Bonchev–Trinajstić information content (AvgIpc) is 3.82. The number of rotatable bonds is 7. The summed E-state index contributed by atoms with van der Waals surface area (Å²) in [5, 5.41) is 14.4. The number of hydrogen-bond donors (Lipinski definition) is 0. The van der Waals surface area contributed by atoms with Crippen LogP contribution in [0, 0.1) is 11.3 Å². The molecule has 9 rings (SSSR count). The molecule has 0 radical (unpaired) electrons. The third-order valence-corrected chi connectivity index (χ3v) is 9.92. The maximum Gasteiger partial charge on any atom is 0.212 e. The third kappa shape index (κ3) is 4.59. The third-order valence-electron chi connectivity index (χ3n) is 9.92. The van der Waals surface area contributed by atoms with Gasteiger partial charge in [0.2, 0.25) is 5.88 Å². The summed E-state index contributed by atoms with van der Waals surface area (Å²) >= 11 is 0. The van der Waals surface area contributed by atoms with E-state index in [2.05, 4.69) is 61.3 Å². The Balaban J connectivity index is 1.00. The summed E-state index contributed by atoms with van der Waals surface area (Å²) in [6.45, 7) is 5.23. The molecule has 5 aliphatic rings. The first-order valence-corrected chi connectivity index (χ1v) is 15.3. The molecule has 4 aromatic heterocycles. The Kier molecular flexibility index (Phi) is 6.34. The Morgan fingerprint density at radius 1 is 0.952 bits per heavy atom. The van der Waals surface area contributed by atoms with Crippen molar-refractivity contribution in [2.45, 2.75) is 62.7 Å². The summed E-state index contributed by atoms with van der Waals surface area (Å²) in [5.41, 5.74) is 6.09. The SMILES string of the molecule is COc1ccc(CN2C3CC2CN(c2ccc(-c4cc(C5CCN(C6CC6)CC5)cn5ncc(C#N)c45)cn2)C3)cn1. The number of methoxy groups -OCH3 is 1. The molecule has 2 bridgehead atoms. The van der Waals surface area contributed by atoms with E-state index in [0.29, 0.717) is 29.4 Å². The fraction of sp³-hybridized carbons (Fsp3) is 0.455. The maximum atomic E-state index is 9.84. The summed E-state index contributed by atoms with van der Waals surface area (Å²) < 4.78 is 7.12. The van der Waals surface area contributed by atoms with Crippen LogP contribution < -0.4 is 9.64 Å². The van der Waals surface area contributed by atoms with Gasteiger partial charge < -0.3 is 14.5 Å². The molecule has 9 nitrogen and oxygen atoms in total. The van der Waals surface area contributed by atoms with E-state index >= 15 is 0 Å². The van der Waals surface area contributed by atoms with E-state index < -0.39 is 0 Å². The number of likely N-dealkylation sites (tertiary alicyclic amines) is 1. The second kappa shape index (κ2) is 10.4. The van der Waals surface area contributed by atoms with Gasteiger partial charge in [-0.25, -0.2) is 14.5 Å². The molecule has 1 saturated carbocycles. The van der Waals surface area contributed by atoms with Crippen molar-refractivity contribution in [3.8, 4) is 23.1 Å². The standard InChI is InChI=1S/C33H36N8O/c1-42-32-7-2-22(15-36-32)18-40-28-13-29(40)21-39(20-28)31-6-3-24(16-35-31)30-12-25(19-41-33(30)26(14-34)17-37-41)23-8-10-38(11-9-23)27-4-5-27/h2-3,6-7,12,15-17,19,23,27-29H,4-5,8-11,13,18,20-21H2,1H3. The molecule has 4 aromatic rings. The predicted molar refractivity (Wildman–Crippen MR) is 160 cm³/mol. The van der Waals surface area contributed by atoms with Gasteiger partial charge in [0.05, 0.1) is 24.4 Å². The van der Waals surface area contributed by atoms with E-state index in [9.17, 15) is 5.26 Å². The Morgan fingerprint density at radius 3 is 2.45 bits per heavy atom. The van der Waals surface area contributed by atoms with Gasteiger partial charge in [-0.2, -0.15) is 10.4 Å². The van der Waals surface area contributed by atoms with Gasteiger partial charge in [0.1, 0.15) is 11.9 Å². The van der Waals surface area contributed by atoms with E-state index in [4.69, 9.17) is 9.72 Å². The van der Waals surface area contributed by atoms with Crippen molar-refractivity contribution in [1.82, 2.24) is 29.4 Å². The fourth-order valence-electron chi connectivity index (χ4n) is 7.41. The molecule has 2 unspecified atom stereocenters. The molecule has 0 N–H and O–H groups in total. The normalized spacial score (nSPS) is 23.1. The summed E-state index contributed by atoms with van der Waals surface area (Å²) in [5.74, 6) is 2.19. The van der Waals surface area contributed by atoms with Crippen molar-refractivity contribution in [3.63, 3.8) is 0 Å². The van der Waals surface area contributed by atoms with Crippen molar-refractivity contribution in [3.05, 3.63) is 71.8 Å². The fourth-order valence-corrected chi connectivity index (χ4v) is 7.41. The van der Waals surface area contributed by atoms with Gasteiger partial charge in [-0.3, -0.25) is 4.90 Å². The lowest BCUT2D eigenvalue weighted by molar-refractivity contribution is -0.00876. The molecule has 42 heavy (non-hydrogen) atoms. The zero-order valence-electron chi connectivity index (χ0n) is 24.1. The second-order valence-corrected chi connectivity index (χ2v) is 12.4. The number of fused-ring (bicyclic) bond motifs is 3. The number of pyridine rings is 3. The van der Waals surface area contributed by atoms with Crippen LogP contribution >= 0.6 is 0 Å². The van der Waals surface area contributed by atoms with Gasteiger partial charge in [-0.1, -0.05) is 6.07 Å². The smallest absolute Gasteiger partial charge is 0.212 e. The first-order valence-electron chi connectivity index (χ1n) is 15.3. The van der Waals surface area contributed by atoms with E-state index in [1.807, 2.05) is 23.0 Å². The monoisotopic (exact) mass is 560 g/mol. The van der Waals surface area contributed by atoms with Crippen LogP contribution in [0.3, 0.4) is 0 Å². The molecule has 9 heteroatoms. The zero-order valence-corrected chi connectivity index (χ0v) is 24.1. The highest BCUT2D eigenvalue weighted by Crippen LogP contribution is 2.38. The highest BCUT2D eigenvalue weighted by molar-refractivity contribution is 5.84. The quantitative estimate of drug-likeness (QED) is 0.327. The van der Waals surface area contributed by atoms with Gasteiger partial charge in [0.15, 0.2) is 0 Å². The lowest BCUT2D eigenvalue weighted by Gasteiger charge is -2.56. The van der Waals surface area contributed by atoms with Gasteiger partial charge in [0, 0.05) is 73.5 Å². The molecule has 5 fully saturated rings. The highest BCUT2D eigenvalue weighted by Gasteiger charge is 2.44. The van der Waals surface area contributed by atoms with Crippen LogP contribution in [0.1, 0.15) is 54.7 Å². The summed E-state index contributed by atoms with van der Waals surface area (Å²) in [6, 6.07) is 14.9. The molecular formula is C33H36N8O.